The third-order valence-electron chi connectivity index (χ3n) is 2.59. The minimum absolute atomic E-state index is 0.0271. The lowest BCUT2D eigenvalue weighted by Crippen LogP contribution is -2.94. The molecule has 0 aromatic heterocycles. The molecular formula is C11H22NO2S+. The van der Waals surface area contributed by atoms with Crippen LogP contribution in [0, 0.1) is 5.92 Å². The summed E-state index contributed by atoms with van der Waals surface area (Å²) < 4.78 is 5.21. The van der Waals surface area contributed by atoms with Gasteiger partial charge in [-0.25, -0.2) is 4.79 Å². The molecule has 0 unspecified atom stereocenters. The third-order valence-corrected chi connectivity index (χ3v) is 4.23. The molecule has 2 N–H and O–H groups in total. The minimum atomic E-state index is -0.0286. The molecule has 1 aliphatic heterocycles. The van der Waals surface area contributed by atoms with E-state index in [9.17, 15) is 4.79 Å². The molecule has 0 radical (unpaired) electrons. The predicted molar refractivity (Wildman–Crippen MR) is 62.7 cm³/mol. The van der Waals surface area contributed by atoms with Crippen molar-refractivity contribution in [2.24, 2.45) is 5.92 Å². The van der Waals surface area contributed by atoms with Crippen LogP contribution in [0.1, 0.15) is 33.6 Å². The van der Waals surface area contributed by atoms with Crippen LogP contribution >= 0.6 is 11.8 Å². The molecular weight excluding hydrogens is 210 g/mol. The number of ether oxygens (including phenoxy) is 1. The number of nitrogens with two attached hydrogens (primary N) is 1. The zero-order valence-corrected chi connectivity index (χ0v) is 10.7. The smallest absolute Gasteiger partial charge is 0.365 e. The van der Waals surface area contributed by atoms with E-state index in [0.29, 0.717) is 17.9 Å². The van der Waals surface area contributed by atoms with Gasteiger partial charge in [0.1, 0.15) is 5.37 Å². The van der Waals surface area contributed by atoms with E-state index in [1.807, 2.05) is 11.8 Å². The molecule has 0 spiro atoms. The number of thioether (sulfide) groups is 1. The van der Waals surface area contributed by atoms with Gasteiger partial charge in [0.2, 0.25) is 0 Å². The summed E-state index contributed by atoms with van der Waals surface area (Å²) in [4.78, 5) is 11.6. The molecule has 1 heterocycles. The highest BCUT2D eigenvalue weighted by Crippen LogP contribution is 2.18. The second-order valence-corrected chi connectivity index (χ2v) is 5.57. The standard InChI is InChI=1S/C11H21NO2S/c1-4-5-6-14-11(13)9-7-15-10(12-9)8(2)3/h8-10,12H,4-7H2,1-3H3/p+1/t9-,10-/m1/s1. The zero-order chi connectivity index (χ0) is 11.3. The molecule has 88 valence electrons. The van der Waals surface area contributed by atoms with Gasteiger partial charge in [-0.3, -0.25) is 0 Å². The maximum Gasteiger partial charge on any atom is 0.365 e. The quantitative estimate of drug-likeness (QED) is 0.568. The van der Waals surface area contributed by atoms with Gasteiger partial charge in [-0.1, -0.05) is 39.0 Å². The van der Waals surface area contributed by atoms with Gasteiger partial charge in [0.05, 0.1) is 12.4 Å². The average molecular weight is 232 g/mol. The Balaban J connectivity index is 2.24. The minimum Gasteiger partial charge on any atom is -0.461 e. The Morgan fingerprint density at radius 2 is 2.33 bits per heavy atom. The van der Waals surface area contributed by atoms with Gasteiger partial charge in [0.15, 0.2) is 6.04 Å². The van der Waals surface area contributed by atoms with Gasteiger partial charge in [0.25, 0.3) is 0 Å². The lowest BCUT2D eigenvalue weighted by molar-refractivity contribution is -0.684. The maximum atomic E-state index is 11.6. The second kappa shape index (κ2) is 6.38. The number of rotatable bonds is 5. The van der Waals surface area contributed by atoms with Crippen molar-refractivity contribution in [1.82, 2.24) is 0 Å². The topological polar surface area (TPSA) is 42.9 Å². The molecule has 0 aromatic carbocycles. The second-order valence-electron chi connectivity index (χ2n) is 4.36. The van der Waals surface area contributed by atoms with Crippen molar-refractivity contribution in [2.75, 3.05) is 12.4 Å². The van der Waals surface area contributed by atoms with Crippen molar-refractivity contribution in [1.29, 1.82) is 0 Å². The molecule has 15 heavy (non-hydrogen) atoms. The van der Waals surface area contributed by atoms with Gasteiger partial charge < -0.3 is 10.1 Å². The normalized spacial score (nSPS) is 25.9. The fraction of sp³-hybridized carbons (Fsp3) is 0.909. The molecule has 3 nitrogen and oxygen atoms in total. The summed E-state index contributed by atoms with van der Waals surface area (Å²) >= 11 is 1.87. The molecule has 0 aromatic rings. The van der Waals surface area contributed by atoms with Crippen LogP contribution in [0.3, 0.4) is 0 Å². The molecule has 1 rings (SSSR count). The summed E-state index contributed by atoms with van der Waals surface area (Å²) in [5.74, 6) is 1.48. The Bertz CT molecular complexity index is 209. The molecule has 0 saturated carbocycles. The summed E-state index contributed by atoms with van der Waals surface area (Å²) in [7, 11) is 0. The average Bonchev–Trinajstić information content (AvgIpc) is 2.66. The van der Waals surface area contributed by atoms with E-state index in [4.69, 9.17) is 4.74 Å². The van der Waals surface area contributed by atoms with E-state index in [-0.39, 0.29) is 12.0 Å². The number of hydrogen-bond donors (Lipinski definition) is 1. The first-order chi connectivity index (χ1) is 7.15. The van der Waals surface area contributed by atoms with Crippen LogP contribution < -0.4 is 5.32 Å². The van der Waals surface area contributed by atoms with Crippen LogP contribution in [0.2, 0.25) is 0 Å². The Morgan fingerprint density at radius 1 is 1.60 bits per heavy atom. The molecule has 2 atom stereocenters. The van der Waals surface area contributed by atoms with E-state index in [2.05, 4.69) is 26.1 Å². The van der Waals surface area contributed by atoms with Gasteiger partial charge in [-0.15, -0.1) is 0 Å². The fourth-order valence-electron chi connectivity index (χ4n) is 1.54. The number of quaternary nitrogens is 1. The van der Waals surface area contributed by atoms with Crippen LogP contribution in [-0.4, -0.2) is 29.7 Å². The van der Waals surface area contributed by atoms with Crippen LogP contribution in [0.15, 0.2) is 0 Å². The number of hydrogen-bond acceptors (Lipinski definition) is 3. The monoisotopic (exact) mass is 232 g/mol. The number of unbranched alkanes of at least 4 members (excludes halogenated alkanes) is 1. The molecule has 1 fully saturated rings. The Morgan fingerprint density at radius 3 is 2.87 bits per heavy atom. The van der Waals surface area contributed by atoms with Crippen molar-refractivity contribution < 1.29 is 14.8 Å². The van der Waals surface area contributed by atoms with Crippen LogP contribution in [0.5, 0.6) is 0 Å². The van der Waals surface area contributed by atoms with E-state index in [1.165, 1.54) is 0 Å². The molecule has 4 heteroatoms. The number of carbonyl (C=O) groups is 1. The summed E-state index contributed by atoms with van der Waals surface area (Å²) in [6, 6.07) is 0.0271. The molecule has 1 aliphatic rings. The van der Waals surface area contributed by atoms with Gasteiger partial charge in [-0.2, -0.15) is 0 Å². The van der Waals surface area contributed by atoms with Crippen molar-refractivity contribution in [2.45, 2.75) is 45.0 Å². The lowest BCUT2D eigenvalue weighted by Gasteiger charge is -2.12. The van der Waals surface area contributed by atoms with E-state index < -0.39 is 0 Å². The first-order valence-electron chi connectivity index (χ1n) is 5.78. The Labute approximate surface area is 96.3 Å². The lowest BCUT2D eigenvalue weighted by atomic mass is 10.2. The molecule has 0 amide bonds. The van der Waals surface area contributed by atoms with Crippen LogP contribution in [0.4, 0.5) is 0 Å². The SMILES string of the molecule is CCCCOC(=O)[C@H]1CS[C@H](C(C)C)[NH2+]1. The highest BCUT2D eigenvalue weighted by atomic mass is 32.2. The van der Waals surface area contributed by atoms with Crippen molar-refractivity contribution in [3.63, 3.8) is 0 Å². The van der Waals surface area contributed by atoms with E-state index >= 15 is 0 Å². The summed E-state index contributed by atoms with van der Waals surface area (Å²) in [6.07, 6.45) is 2.05. The van der Waals surface area contributed by atoms with Gasteiger partial charge in [-0.05, 0) is 6.42 Å². The number of esters is 1. The first-order valence-corrected chi connectivity index (χ1v) is 6.83. The maximum absolute atomic E-state index is 11.6. The molecule has 0 bridgehead atoms. The third kappa shape index (κ3) is 4.03. The van der Waals surface area contributed by atoms with Crippen molar-refractivity contribution >= 4 is 17.7 Å². The highest BCUT2D eigenvalue weighted by molar-refractivity contribution is 7.99. The van der Waals surface area contributed by atoms with Gasteiger partial charge in [0, 0.05) is 5.92 Å². The number of carbonyl (C=O) groups excluding carboxylic acids is 1. The molecule has 1 saturated heterocycles. The zero-order valence-electron chi connectivity index (χ0n) is 9.86. The van der Waals surface area contributed by atoms with E-state index in [1.54, 1.807) is 0 Å². The summed E-state index contributed by atoms with van der Waals surface area (Å²) in [5, 5.41) is 2.68. The van der Waals surface area contributed by atoms with Crippen LogP contribution in [0.25, 0.3) is 0 Å². The first kappa shape index (κ1) is 12.8. The van der Waals surface area contributed by atoms with Crippen molar-refractivity contribution in [3.8, 4) is 0 Å². The summed E-state index contributed by atoms with van der Waals surface area (Å²) in [5.41, 5.74) is 0. The van der Waals surface area contributed by atoms with Crippen LogP contribution in [-0.2, 0) is 9.53 Å². The largest absolute Gasteiger partial charge is 0.461 e. The predicted octanol–water partition coefficient (Wildman–Crippen LogP) is 0.991. The van der Waals surface area contributed by atoms with Crippen molar-refractivity contribution in [3.05, 3.63) is 0 Å². The fourth-order valence-corrected chi connectivity index (χ4v) is 2.90. The highest BCUT2D eigenvalue weighted by Gasteiger charge is 2.36. The van der Waals surface area contributed by atoms with E-state index in [0.717, 1.165) is 18.6 Å². The van der Waals surface area contributed by atoms with Gasteiger partial charge >= 0.3 is 5.97 Å². The Hall–Kier alpha value is -0.220. The molecule has 0 aliphatic carbocycles. The Kier molecular flexibility index (Phi) is 5.47. The summed E-state index contributed by atoms with van der Waals surface area (Å²) in [6.45, 7) is 7.06.